The second-order valence-electron chi connectivity index (χ2n) is 4.42. The molecule has 1 aromatic heterocycles. The normalized spacial score (nSPS) is 10.5. The van der Waals surface area contributed by atoms with Crippen molar-refractivity contribution < 1.29 is 9.47 Å². The van der Waals surface area contributed by atoms with Gasteiger partial charge in [0.25, 0.3) is 0 Å². The lowest BCUT2D eigenvalue weighted by Crippen LogP contribution is -2.20. The van der Waals surface area contributed by atoms with E-state index in [0.717, 1.165) is 31.0 Å². The number of benzene rings is 1. The molecule has 3 nitrogen and oxygen atoms in total. The summed E-state index contributed by atoms with van der Waals surface area (Å²) >= 11 is 1.82. The van der Waals surface area contributed by atoms with Crippen LogP contribution >= 0.6 is 11.3 Å². The molecule has 0 atom stereocenters. The molecule has 2 rings (SSSR count). The number of hydrogen-bond donors (Lipinski definition) is 1. The summed E-state index contributed by atoms with van der Waals surface area (Å²) in [6.07, 6.45) is 1.10. The van der Waals surface area contributed by atoms with E-state index in [0.29, 0.717) is 6.61 Å². The van der Waals surface area contributed by atoms with Crippen LogP contribution in [0.4, 0.5) is 0 Å². The maximum absolute atomic E-state index is 5.67. The van der Waals surface area contributed by atoms with Crippen molar-refractivity contribution in [3.63, 3.8) is 0 Å². The average molecular weight is 291 g/mol. The average Bonchev–Trinajstić information content (AvgIpc) is 2.95. The van der Waals surface area contributed by atoms with Crippen molar-refractivity contribution in [3.8, 4) is 11.5 Å². The number of aryl methyl sites for hydroxylation is 1. The van der Waals surface area contributed by atoms with Gasteiger partial charge >= 0.3 is 0 Å². The first-order chi connectivity index (χ1) is 9.83. The first kappa shape index (κ1) is 14.9. The van der Waals surface area contributed by atoms with E-state index in [1.807, 2.05) is 35.6 Å². The van der Waals surface area contributed by atoms with Crippen molar-refractivity contribution in [2.75, 3.05) is 20.3 Å². The minimum Gasteiger partial charge on any atom is -0.497 e. The van der Waals surface area contributed by atoms with Crippen molar-refractivity contribution in [2.24, 2.45) is 0 Å². The minimum atomic E-state index is 0.666. The second kappa shape index (κ2) is 7.92. The van der Waals surface area contributed by atoms with Crippen LogP contribution in [-0.2, 0) is 13.0 Å². The van der Waals surface area contributed by atoms with Crippen molar-refractivity contribution >= 4 is 11.3 Å². The van der Waals surface area contributed by atoms with Gasteiger partial charge in [-0.2, -0.15) is 0 Å². The Morgan fingerprint density at radius 2 is 1.85 bits per heavy atom. The van der Waals surface area contributed by atoms with E-state index in [4.69, 9.17) is 9.47 Å². The van der Waals surface area contributed by atoms with Crippen LogP contribution in [-0.4, -0.2) is 20.3 Å². The zero-order valence-corrected chi connectivity index (χ0v) is 12.8. The highest BCUT2D eigenvalue weighted by Gasteiger charge is 2.01. The third-order valence-electron chi connectivity index (χ3n) is 3.11. The number of methoxy groups -OCH3 is 1. The smallest absolute Gasteiger partial charge is 0.119 e. The van der Waals surface area contributed by atoms with Gasteiger partial charge in [0.2, 0.25) is 0 Å². The van der Waals surface area contributed by atoms with Gasteiger partial charge in [-0.15, -0.1) is 11.3 Å². The van der Waals surface area contributed by atoms with Crippen LogP contribution in [0.15, 0.2) is 35.7 Å². The standard InChI is InChI=1S/C16H21NO2S/c1-3-13-8-11-20-16(13)12-17-9-10-19-15-6-4-14(18-2)5-7-15/h4-8,11,17H,3,9-10,12H2,1-2H3. The van der Waals surface area contributed by atoms with Gasteiger partial charge in [-0.05, 0) is 47.7 Å². The zero-order valence-electron chi connectivity index (χ0n) is 12.0. The van der Waals surface area contributed by atoms with E-state index in [1.165, 1.54) is 10.4 Å². The molecule has 0 saturated heterocycles. The Morgan fingerprint density at radius 3 is 2.55 bits per heavy atom. The number of thiophene rings is 1. The van der Waals surface area contributed by atoms with E-state index in [2.05, 4.69) is 23.7 Å². The lowest BCUT2D eigenvalue weighted by molar-refractivity contribution is 0.313. The van der Waals surface area contributed by atoms with Gasteiger partial charge in [-0.1, -0.05) is 6.92 Å². The van der Waals surface area contributed by atoms with Gasteiger partial charge < -0.3 is 14.8 Å². The number of rotatable bonds is 8. The first-order valence-corrected chi connectivity index (χ1v) is 7.74. The molecule has 0 aliphatic rings. The van der Waals surface area contributed by atoms with Crippen LogP contribution in [0.2, 0.25) is 0 Å². The molecule has 0 saturated carbocycles. The Bertz CT molecular complexity index is 507. The third kappa shape index (κ3) is 4.25. The van der Waals surface area contributed by atoms with Crippen molar-refractivity contribution in [2.45, 2.75) is 19.9 Å². The third-order valence-corrected chi connectivity index (χ3v) is 4.07. The Labute approximate surface area is 124 Å². The molecule has 1 aromatic carbocycles. The van der Waals surface area contributed by atoms with E-state index in [-0.39, 0.29) is 0 Å². The van der Waals surface area contributed by atoms with Gasteiger partial charge in [0.15, 0.2) is 0 Å². The molecule has 0 fully saturated rings. The predicted octanol–water partition coefficient (Wildman–Crippen LogP) is 3.49. The largest absolute Gasteiger partial charge is 0.497 e. The van der Waals surface area contributed by atoms with Crippen molar-refractivity contribution in [3.05, 3.63) is 46.2 Å². The number of hydrogen-bond acceptors (Lipinski definition) is 4. The maximum Gasteiger partial charge on any atom is 0.119 e. The maximum atomic E-state index is 5.67. The molecule has 1 N–H and O–H groups in total. The monoisotopic (exact) mass is 291 g/mol. The van der Waals surface area contributed by atoms with Gasteiger partial charge in [0, 0.05) is 18.0 Å². The van der Waals surface area contributed by atoms with Crippen LogP contribution in [0.25, 0.3) is 0 Å². The topological polar surface area (TPSA) is 30.5 Å². The summed E-state index contributed by atoms with van der Waals surface area (Å²) in [5.41, 5.74) is 1.44. The molecular formula is C16H21NO2S. The van der Waals surface area contributed by atoms with Crippen molar-refractivity contribution in [1.29, 1.82) is 0 Å². The van der Waals surface area contributed by atoms with E-state index < -0.39 is 0 Å². The summed E-state index contributed by atoms with van der Waals surface area (Å²) < 4.78 is 10.8. The van der Waals surface area contributed by atoms with Gasteiger partial charge in [-0.3, -0.25) is 0 Å². The molecule has 2 aromatic rings. The molecule has 0 aliphatic heterocycles. The summed E-state index contributed by atoms with van der Waals surface area (Å²) in [6.45, 7) is 4.62. The summed E-state index contributed by atoms with van der Waals surface area (Å²) in [6, 6.07) is 9.86. The zero-order chi connectivity index (χ0) is 14.2. The van der Waals surface area contributed by atoms with Crippen LogP contribution < -0.4 is 14.8 Å². The molecular weight excluding hydrogens is 270 g/mol. The molecule has 0 unspecified atom stereocenters. The molecule has 0 radical (unpaired) electrons. The summed E-state index contributed by atoms with van der Waals surface area (Å²) in [5.74, 6) is 1.72. The minimum absolute atomic E-state index is 0.666. The Kier molecular flexibility index (Phi) is 5.89. The molecule has 0 bridgehead atoms. The molecule has 0 amide bonds. The van der Waals surface area contributed by atoms with Crippen molar-refractivity contribution in [1.82, 2.24) is 5.32 Å². The summed E-state index contributed by atoms with van der Waals surface area (Å²) in [7, 11) is 1.66. The first-order valence-electron chi connectivity index (χ1n) is 6.86. The fourth-order valence-electron chi connectivity index (χ4n) is 1.95. The Hall–Kier alpha value is -1.52. The van der Waals surface area contributed by atoms with Crippen LogP contribution in [0.1, 0.15) is 17.4 Å². The molecule has 108 valence electrons. The SMILES string of the molecule is CCc1ccsc1CNCCOc1ccc(OC)cc1. The molecule has 20 heavy (non-hydrogen) atoms. The van der Waals surface area contributed by atoms with Crippen LogP contribution in [0.3, 0.4) is 0 Å². The highest BCUT2D eigenvalue weighted by atomic mass is 32.1. The van der Waals surface area contributed by atoms with E-state index in [1.54, 1.807) is 7.11 Å². The highest BCUT2D eigenvalue weighted by Crippen LogP contribution is 2.17. The fourth-order valence-corrected chi connectivity index (χ4v) is 2.90. The van der Waals surface area contributed by atoms with Crippen LogP contribution in [0.5, 0.6) is 11.5 Å². The molecule has 4 heteroatoms. The molecule has 0 spiro atoms. The highest BCUT2D eigenvalue weighted by molar-refractivity contribution is 7.10. The van der Waals surface area contributed by atoms with E-state index in [9.17, 15) is 0 Å². The number of nitrogens with one attached hydrogen (secondary N) is 1. The van der Waals surface area contributed by atoms with Gasteiger partial charge in [0.05, 0.1) is 7.11 Å². The number of ether oxygens (including phenoxy) is 2. The van der Waals surface area contributed by atoms with Gasteiger partial charge in [0.1, 0.15) is 18.1 Å². The summed E-state index contributed by atoms with van der Waals surface area (Å²) in [4.78, 5) is 1.43. The van der Waals surface area contributed by atoms with E-state index >= 15 is 0 Å². The van der Waals surface area contributed by atoms with Crippen LogP contribution in [0, 0.1) is 0 Å². The Balaban J connectivity index is 1.66. The lowest BCUT2D eigenvalue weighted by Gasteiger charge is -2.08. The predicted molar refractivity (Wildman–Crippen MR) is 83.9 cm³/mol. The molecule has 1 heterocycles. The fraction of sp³-hybridized carbons (Fsp3) is 0.375. The molecule has 0 aliphatic carbocycles. The second-order valence-corrected chi connectivity index (χ2v) is 5.42. The lowest BCUT2D eigenvalue weighted by atomic mass is 10.2. The summed E-state index contributed by atoms with van der Waals surface area (Å²) in [5, 5.41) is 5.57. The Morgan fingerprint density at radius 1 is 1.10 bits per heavy atom. The quantitative estimate of drug-likeness (QED) is 0.755. The van der Waals surface area contributed by atoms with Gasteiger partial charge in [-0.25, -0.2) is 0 Å².